The molecule has 0 aromatic heterocycles. The van der Waals surface area contributed by atoms with E-state index in [1.54, 1.807) is 7.11 Å². The lowest BCUT2D eigenvalue weighted by atomic mass is 10.0. The minimum Gasteiger partial charge on any atom is -0.497 e. The molecule has 0 radical (unpaired) electrons. The summed E-state index contributed by atoms with van der Waals surface area (Å²) in [6.07, 6.45) is 0. The Morgan fingerprint density at radius 1 is 1.00 bits per heavy atom. The maximum atomic E-state index is 8.99. The van der Waals surface area contributed by atoms with E-state index in [-0.39, 0.29) is 12.6 Å². The summed E-state index contributed by atoms with van der Waals surface area (Å²) in [5, 5.41) is 8.99. The molecular weight excluding hydrogens is 226 g/mol. The van der Waals surface area contributed by atoms with Crippen LogP contribution in [0.1, 0.15) is 11.6 Å². The molecule has 0 aliphatic heterocycles. The number of benzene rings is 2. The van der Waals surface area contributed by atoms with Gasteiger partial charge in [-0.05, 0) is 28.8 Å². The normalized spacial score (nSPS) is 12.2. The lowest BCUT2D eigenvalue weighted by Gasteiger charge is -2.09. The van der Waals surface area contributed by atoms with Gasteiger partial charge < -0.3 is 15.6 Å². The third kappa shape index (κ3) is 2.70. The van der Waals surface area contributed by atoms with E-state index in [2.05, 4.69) is 0 Å². The summed E-state index contributed by atoms with van der Waals surface area (Å²) >= 11 is 0. The predicted octanol–water partition coefficient (Wildman–Crippen LogP) is 2.35. The minimum absolute atomic E-state index is 0.0398. The molecule has 2 aromatic rings. The van der Waals surface area contributed by atoms with E-state index in [9.17, 15) is 0 Å². The van der Waals surface area contributed by atoms with Crippen molar-refractivity contribution in [2.45, 2.75) is 6.04 Å². The first-order chi connectivity index (χ1) is 8.74. The summed E-state index contributed by atoms with van der Waals surface area (Å²) in [5.41, 5.74) is 8.94. The molecule has 0 aliphatic carbocycles. The van der Waals surface area contributed by atoms with Crippen LogP contribution >= 0.6 is 0 Å². The number of hydrogen-bond donors (Lipinski definition) is 2. The molecule has 3 N–H and O–H groups in total. The third-order valence-corrected chi connectivity index (χ3v) is 2.96. The van der Waals surface area contributed by atoms with E-state index in [1.165, 1.54) is 0 Å². The zero-order valence-corrected chi connectivity index (χ0v) is 10.3. The SMILES string of the molecule is COc1ccc(-c2ccc([C@H](N)CO)cc2)cc1. The van der Waals surface area contributed by atoms with E-state index >= 15 is 0 Å². The number of methoxy groups -OCH3 is 1. The molecular formula is C15H17NO2. The van der Waals surface area contributed by atoms with E-state index in [0.29, 0.717) is 0 Å². The molecule has 18 heavy (non-hydrogen) atoms. The van der Waals surface area contributed by atoms with Crippen molar-refractivity contribution in [1.82, 2.24) is 0 Å². The largest absolute Gasteiger partial charge is 0.497 e. The first kappa shape index (κ1) is 12.6. The quantitative estimate of drug-likeness (QED) is 0.866. The Kier molecular flexibility index (Phi) is 3.97. The van der Waals surface area contributed by atoms with E-state index in [4.69, 9.17) is 15.6 Å². The summed E-state index contributed by atoms with van der Waals surface area (Å²) < 4.78 is 5.13. The number of hydrogen-bond acceptors (Lipinski definition) is 3. The number of aliphatic hydroxyl groups is 1. The second-order valence-electron chi connectivity index (χ2n) is 4.14. The smallest absolute Gasteiger partial charge is 0.118 e. The summed E-state index contributed by atoms with van der Waals surface area (Å²) in [7, 11) is 1.65. The van der Waals surface area contributed by atoms with Crippen molar-refractivity contribution < 1.29 is 9.84 Å². The summed E-state index contributed by atoms with van der Waals surface area (Å²) in [5.74, 6) is 0.845. The number of rotatable bonds is 4. The van der Waals surface area contributed by atoms with Crippen molar-refractivity contribution in [2.24, 2.45) is 5.73 Å². The van der Waals surface area contributed by atoms with Crippen molar-refractivity contribution in [1.29, 1.82) is 0 Å². The number of aliphatic hydroxyl groups excluding tert-OH is 1. The maximum absolute atomic E-state index is 8.99. The number of ether oxygens (including phenoxy) is 1. The Hall–Kier alpha value is -1.84. The predicted molar refractivity (Wildman–Crippen MR) is 72.4 cm³/mol. The van der Waals surface area contributed by atoms with E-state index < -0.39 is 0 Å². The molecule has 0 spiro atoms. The fourth-order valence-corrected chi connectivity index (χ4v) is 1.81. The van der Waals surface area contributed by atoms with Crippen LogP contribution in [-0.4, -0.2) is 18.8 Å². The Morgan fingerprint density at radius 3 is 1.94 bits per heavy atom. The zero-order chi connectivity index (χ0) is 13.0. The van der Waals surface area contributed by atoms with Gasteiger partial charge in [0.05, 0.1) is 19.8 Å². The van der Waals surface area contributed by atoms with Crippen molar-refractivity contribution in [3.63, 3.8) is 0 Å². The van der Waals surface area contributed by atoms with E-state index in [1.807, 2.05) is 48.5 Å². The highest BCUT2D eigenvalue weighted by atomic mass is 16.5. The second-order valence-corrected chi connectivity index (χ2v) is 4.14. The molecule has 3 nitrogen and oxygen atoms in total. The Morgan fingerprint density at radius 2 is 1.50 bits per heavy atom. The molecule has 0 aliphatic rings. The van der Waals surface area contributed by atoms with Crippen LogP contribution in [0.15, 0.2) is 48.5 Å². The molecule has 0 heterocycles. The highest BCUT2D eigenvalue weighted by molar-refractivity contribution is 5.64. The van der Waals surface area contributed by atoms with Crippen LogP contribution in [0, 0.1) is 0 Å². The van der Waals surface area contributed by atoms with Gasteiger partial charge in [0.1, 0.15) is 5.75 Å². The standard InChI is InChI=1S/C15H17NO2/c1-18-14-8-6-12(7-9-14)11-2-4-13(5-3-11)15(16)10-17/h2-9,15,17H,10,16H2,1H3/t15-/m1/s1. The topological polar surface area (TPSA) is 55.5 Å². The zero-order valence-electron chi connectivity index (χ0n) is 10.3. The third-order valence-electron chi connectivity index (χ3n) is 2.96. The molecule has 2 aromatic carbocycles. The molecule has 0 saturated carbocycles. The Labute approximate surface area is 107 Å². The molecule has 0 amide bonds. The molecule has 1 atom stereocenters. The van der Waals surface area contributed by atoms with Gasteiger partial charge >= 0.3 is 0 Å². The molecule has 0 bridgehead atoms. The molecule has 2 rings (SSSR count). The maximum Gasteiger partial charge on any atom is 0.118 e. The average molecular weight is 243 g/mol. The summed E-state index contributed by atoms with van der Waals surface area (Å²) in [6, 6.07) is 15.5. The van der Waals surface area contributed by atoms with Gasteiger partial charge in [-0.2, -0.15) is 0 Å². The fraction of sp³-hybridized carbons (Fsp3) is 0.200. The van der Waals surface area contributed by atoms with Crippen molar-refractivity contribution in [2.75, 3.05) is 13.7 Å². The van der Waals surface area contributed by atoms with Gasteiger partial charge in [-0.15, -0.1) is 0 Å². The molecule has 0 saturated heterocycles. The van der Waals surface area contributed by atoms with Crippen molar-refractivity contribution >= 4 is 0 Å². The van der Waals surface area contributed by atoms with Gasteiger partial charge in [0.2, 0.25) is 0 Å². The van der Waals surface area contributed by atoms with Crippen LogP contribution in [0.5, 0.6) is 5.75 Å². The number of nitrogens with two attached hydrogens (primary N) is 1. The Bertz CT molecular complexity index is 491. The monoisotopic (exact) mass is 243 g/mol. The summed E-state index contributed by atoms with van der Waals surface area (Å²) in [6.45, 7) is -0.0398. The van der Waals surface area contributed by atoms with Crippen LogP contribution in [0.3, 0.4) is 0 Å². The van der Waals surface area contributed by atoms with Gasteiger partial charge in [0.25, 0.3) is 0 Å². The van der Waals surface area contributed by atoms with Gasteiger partial charge in [-0.25, -0.2) is 0 Å². The molecule has 0 unspecified atom stereocenters. The molecule has 0 fully saturated rings. The molecule has 3 heteroatoms. The van der Waals surface area contributed by atoms with Crippen molar-refractivity contribution in [3.8, 4) is 16.9 Å². The van der Waals surface area contributed by atoms with Crippen molar-refractivity contribution in [3.05, 3.63) is 54.1 Å². The van der Waals surface area contributed by atoms with E-state index in [0.717, 1.165) is 22.4 Å². The average Bonchev–Trinajstić information content (AvgIpc) is 2.47. The first-order valence-electron chi connectivity index (χ1n) is 5.85. The highest BCUT2D eigenvalue weighted by Crippen LogP contribution is 2.23. The van der Waals surface area contributed by atoms with Gasteiger partial charge in [-0.3, -0.25) is 0 Å². The van der Waals surface area contributed by atoms with Crippen LogP contribution in [0.25, 0.3) is 11.1 Å². The summed E-state index contributed by atoms with van der Waals surface area (Å²) in [4.78, 5) is 0. The highest BCUT2D eigenvalue weighted by Gasteiger charge is 2.04. The minimum atomic E-state index is -0.310. The van der Waals surface area contributed by atoms with Crippen LogP contribution < -0.4 is 10.5 Å². The first-order valence-corrected chi connectivity index (χ1v) is 5.85. The second kappa shape index (κ2) is 5.67. The van der Waals surface area contributed by atoms with Gasteiger partial charge in [-0.1, -0.05) is 36.4 Å². The van der Waals surface area contributed by atoms with Crippen LogP contribution in [0.2, 0.25) is 0 Å². The lowest BCUT2D eigenvalue weighted by molar-refractivity contribution is 0.268. The van der Waals surface area contributed by atoms with Crippen LogP contribution in [-0.2, 0) is 0 Å². The van der Waals surface area contributed by atoms with Gasteiger partial charge in [0, 0.05) is 0 Å². The van der Waals surface area contributed by atoms with Gasteiger partial charge in [0.15, 0.2) is 0 Å². The lowest BCUT2D eigenvalue weighted by Crippen LogP contribution is -2.14. The fourth-order valence-electron chi connectivity index (χ4n) is 1.81. The van der Waals surface area contributed by atoms with Crippen LogP contribution in [0.4, 0.5) is 0 Å². The molecule has 94 valence electrons. The Balaban J connectivity index is 2.22.